The summed E-state index contributed by atoms with van der Waals surface area (Å²) < 4.78 is 74.1. The van der Waals surface area contributed by atoms with Gasteiger partial charge in [-0.2, -0.15) is 0 Å². The Morgan fingerprint density at radius 3 is 1.62 bits per heavy atom. The quantitative estimate of drug-likeness (QED) is 0.600. The van der Waals surface area contributed by atoms with E-state index in [-0.39, 0.29) is 0 Å². The number of sulfone groups is 1. The largest absolute Gasteiger partial charge is 0.229 e. The molecular weight excluding hydrogens is 248 g/mol. The fraction of sp³-hybridized carbons (Fsp3) is 0.333. The van der Waals surface area contributed by atoms with Crippen LogP contribution in [0, 0.1) is 30.2 Å². The molecule has 7 heteroatoms. The lowest BCUT2D eigenvalue weighted by Gasteiger charge is -2.08. The summed E-state index contributed by atoms with van der Waals surface area (Å²) >= 11 is 0. The average molecular weight is 256 g/mol. The Balaban J connectivity index is 3.52. The van der Waals surface area contributed by atoms with Gasteiger partial charge in [-0.3, -0.25) is 0 Å². The van der Waals surface area contributed by atoms with E-state index >= 15 is 0 Å². The number of benzene rings is 1. The van der Waals surface area contributed by atoms with Gasteiger partial charge in [0.2, 0.25) is 0 Å². The van der Waals surface area contributed by atoms with Crippen molar-refractivity contribution in [3.8, 4) is 0 Å². The third kappa shape index (κ3) is 2.34. The number of hydrogen-bond donors (Lipinski definition) is 0. The van der Waals surface area contributed by atoms with E-state index in [2.05, 4.69) is 0 Å². The lowest BCUT2D eigenvalue weighted by atomic mass is 10.1. The Morgan fingerprint density at radius 1 is 0.938 bits per heavy atom. The van der Waals surface area contributed by atoms with Gasteiger partial charge in [0.05, 0.1) is 5.75 Å². The second-order valence-electron chi connectivity index (χ2n) is 3.43. The zero-order chi connectivity index (χ0) is 12.7. The molecule has 0 aliphatic rings. The van der Waals surface area contributed by atoms with Crippen molar-refractivity contribution in [3.63, 3.8) is 0 Å². The molecule has 0 heterocycles. The van der Waals surface area contributed by atoms with Crippen LogP contribution in [-0.2, 0) is 15.6 Å². The Labute approximate surface area is 89.8 Å². The van der Waals surface area contributed by atoms with E-state index < -0.39 is 50.0 Å². The molecule has 1 aromatic rings. The lowest BCUT2D eigenvalue weighted by molar-refractivity contribution is 0.434. The zero-order valence-corrected chi connectivity index (χ0v) is 9.26. The van der Waals surface area contributed by atoms with Crippen LogP contribution in [-0.4, -0.2) is 14.7 Å². The standard InChI is InChI=1S/C9H8F4O2S/c1-4-6(10)8(12)5(3-16(2,14)15)9(13)7(4)11/h3H2,1-2H3. The average Bonchev–Trinajstić information content (AvgIpc) is 2.17. The van der Waals surface area contributed by atoms with Crippen molar-refractivity contribution < 1.29 is 26.0 Å². The van der Waals surface area contributed by atoms with Crippen molar-refractivity contribution in [2.24, 2.45) is 0 Å². The van der Waals surface area contributed by atoms with Crippen molar-refractivity contribution in [2.75, 3.05) is 6.26 Å². The Morgan fingerprint density at radius 2 is 1.31 bits per heavy atom. The molecule has 90 valence electrons. The van der Waals surface area contributed by atoms with Crippen LogP contribution in [0.3, 0.4) is 0 Å². The van der Waals surface area contributed by atoms with Gasteiger partial charge >= 0.3 is 0 Å². The zero-order valence-electron chi connectivity index (χ0n) is 8.44. The van der Waals surface area contributed by atoms with E-state index in [0.717, 1.165) is 6.92 Å². The summed E-state index contributed by atoms with van der Waals surface area (Å²) in [7, 11) is -3.78. The fourth-order valence-corrected chi connectivity index (χ4v) is 1.95. The van der Waals surface area contributed by atoms with Gasteiger partial charge in [0.1, 0.15) is 0 Å². The van der Waals surface area contributed by atoms with Crippen molar-refractivity contribution in [3.05, 3.63) is 34.4 Å². The van der Waals surface area contributed by atoms with Gasteiger partial charge in [-0.15, -0.1) is 0 Å². The number of hydrogen-bond acceptors (Lipinski definition) is 2. The molecule has 0 spiro atoms. The molecule has 0 N–H and O–H groups in total. The highest BCUT2D eigenvalue weighted by atomic mass is 32.2. The lowest BCUT2D eigenvalue weighted by Crippen LogP contribution is -2.11. The first kappa shape index (κ1) is 13.0. The predicted molar refractivity (Wildman–Crippen MR) is 49.6 cm³/mol. The van der Waals surface area contributed by atoms with Crippen LogP contribution in [0.4, 0.5) is 17.6 Å². The van der Waals surface area contributed by atoms with Crippen LogP contribution in [0.15, 0.2) is 0 Å². The highest BCUT2D eigenvalue weighted by Crippen LogP contribution is 2.24. The molecule has 0 saturated heterocycles. The molecule has 0 amide bonds. The molecule has 1 rings (SSSR count). The topological polar surface area (TPSA) is 34.1 Å². The minimum atomic E-state index is -3.78. The van der Waals surface area contributed by atoms with E-state index in [0.29, 0.717) is 6.26 Å². The summed E-state index contributed by atoms with van der Waals surface area (Å²) in [5, 5.41) is 0. The Bertz CT molecular complexity index is 508. The van der Waals surface area contributed by atoms with Gasteiger partial charge in [-0.1, -0.05) is 0 Å². The first-order chi connectivity index (χ1) is 7.15. The monoisotopic (exact) mass is 256 g/mol. The fourth-order valence-electron chi connectivity index (χ4n) is 1.18. The normalized spacial score (nSPS) is 11.9. The van der Waals surface area contributed by atoms with Gasteiger partial charge in [0, 0.05) is 17.4 Å². The third-order valence-corrected chi connectivity index (χ3v) is 2.79. The number of halogens is 4. The van der Waals surface area contributed by atoms with Gasteiger partial charge in [-0.25, -0.2) is 26.0 Å². The Hall–Kier alpha value is -1.11. The molecule has 2 nitrogen and oxygen atoms in total. The van der Waals surface area contributed by atoms with E-state index in [1.165, 1.54) is 0 Å². The number of rotatable bonds is 2. The minimum absolute atomic E-state index is 0.710. The smallest absolute Gasteiger partial charge is 0.166 e. The third-order valence-electron chi connectivity index (χ3n) is 1.98. The van der Waals surface area contributed by atoms with Crippen LogP contribution in [0.25, 0.3) is 0 Å². The van der Waals surface area contributed by atoms with Gasteiger partial charge in [0.25, 0.3) is 0 Å². The maximum Gasteiger partial charge on any atom is 0.166 e. The first-order valence-electron chi connectivity index (χ1n) is 4.14. The maximum atomic E-state index is 13.2. The molecule has 0 unspecified atom stereocenters. The van der Waals surface area contributed by atoms with Crippen LogP contribution >= 0.6 is 0 Å². The van der Waals surface area contributed by atoms with Crippen molar-refractivity contribution in [1.82, 2.24) is 0 Å². The van der Waals surface area contributed by atoms with E-state index in [1.807, 2.05) is 0 Å². The maximum absolute atomic E-state index is 13.2. The van der Waals surface area contributed by atoms with Crippen LogP contribution in [0.1, 0.15) is 11.1 Å². The molecular formula is C9H8F4O2S. The molecule has 0 saturated carbocycles. The molecule has 0 fully saturated rings. The predicted octanol–water partition coefficient (Wildman–Crippen LogP) is 2.10. The molecule has 0 bridgehead atoms. The summed E-state index contributed by atoms with van der Waals surface area (Å²) in [4.78, 5) is 0. The molecule has 0 radical (unpaired) electrons. The Kier molecular flexibility index (Phi) is 3.27. The summed E-state index contributed by atoms with van der Waals surface area (Å²) in [6, 6.07) is 0. The highest BCUT2D eigenvalue weighted by molar-refractivity contribution is 7.89. The van der Waals surface area contributed by atoms with Gasteiger partial charge in [0.15, 0.2) is 33.1 Å². The highest BCUT2D eigenvalue weighted by Gasteiger charge is 2.24. The van der Waals surface area contributed by atoms with Crippen LogP contribution in [0.2, 0.25) is 0 Å². The SMILES string of the molecule is Cc1c(F)c(F)c(CS(C)(=O)=O)c(F)c1F. The second-order valence-corrected chi connectivity index (χ2v) is 5.57. The van der Waals surface area contributed by atoms with E-state index in [4.69, 9.17) is 0 Å². The van der Waals surface area contributed by atoms with E-state index in [9.17, 15) is 26.0 Å². The van der Waals surface area contributed by atoms with Crippen molar-refractivity contribution >= 4 is 9.84 Å². The molecule has 0 aromatic heterocycles. The van der Waals surface area contributed by atoms with Crippen molar-refractivity contribution in [2.45, 2.75) is 12.7 Å². The van der Waals surface area contributed by atoms with Crippen LogP contribution in [0.5, 0.6) is 0 Å². The molecule has 0 atom stereocenters. The molecule has 0 aliphatic heterocycles. The summed E-state index contributed by atoms with van der Waals surface area (Å²) in [6.07, 6.45) is 0.710. The molecule has 1 aromatic carbocycles. The van der Waals surface area contributed by atoms with Gasteiger partial charge < -0.3 is 0 Å². The van der Waals surface area contributed by atoms with Crippen LogP contribution < -0.4 is 0 Å². The van der Waals surface area contributed by atoms with Crippen molar-refractivity contribution in [1.29, 1.82) is 0 Å². The second kappa shape index (κ2) is 4.04. The summed E-state index contributed by atoms with van der Waals surface area (Å²) in [5.74, 6) is -7.56. The summed E-state index contributed by atoms with van der Waals surface area (Å²) in [5.41, 5.74) is -1.92. The molecule has 0 aliphatic carbocycles. The summed E-state index contributed by atoms with van der Waals surface area (Å²) in [6.45, 7) is 0.862. The van der Waals surface area contributed by atoms with E-state index in [1.54, 1.807) is 0 Å². The minimum Gasteiger partial charge on any atom is -0.229 e. The van der Waals surface area contributed by atoms with Gasteiger partial charge in [-0.05, 0) is 6.92 Å². The molecule has 16 heavy (non-hydrogen) atoms. The first-order valence-corrected chi connectivity index (χ1v) is 6.20.